The number of benzene rings is 2. The third-order valence-corrected chi connectivity index (χ3v) is 4.59. The highest BCUT2D eigenvalue weighted by Gasteiger charge is 2.12. The summed E-state index contributed by atoms with van der Waals surface area (Å²) in [7, 11) is 1.60. The molecule has 0 fully saturated rings. The molecule has 0 saturated heterocycles. The molecule has 0 bridgehead atoms. The van der Waals surface area contributed by atoms with Crippen molar-refractivity contribution in [1.82, 2.24) is 10.2 Å². The van der Waals surface area contributed by atoms with E-state index in [1.165, 1.54) is 12.1 Å². The van der Waals surface area contributed by atoms with E-state index in [0.717, 1.165) is 24.2 Å². The highest BCUT2D eigenvalue weighted by atomic mass is 19.1. The molecule has 28 heavy (non-hydrogen) atoms. The maximum atomic E-state index is 12.9. The van der Waals surface area contributed by atoms with Crippen molar-refractivity contribution >= 4 is 0 Å². The van der Waals surface area contributed by atoms with Gasteiger partial charge in [-0.1, -0.05) is 32.0 Å². The number of nitrogens with one attached hydrogen (secondary N) is 1. The zero-order chi connectivity index (χ0) is 20.4. The minimum atomic E-state index is -0.554. The number of nitrogens with zero attached hydrogens (tertiary/aromatic N) is 1. The van der Waals surface area contributed by atoms with Gasteiger partial charge in [0, 0.05) is 19.6 Å². The third-order valence-electron chi connectivity index (χ3n) is 4.59. The summed E-state index contributed by atoms with van der Waals surface area (Å²) in [4.78, 5) is 2.15. The molecule has 0 amide bonds. The second kappa shape index (κ2) is 11.6. The van der Waals surface area contributed by atoms with Gasteiger partial charge in [-0.25, -0.2) is 4.39 Å². The van der Waals surface area contributed by atoms with Crippen LogP contribution >= 0.6 is 0 Å². The molecule has 0 unspecified atom stereocenters. The molecule has 1 atom stereocenters. The van der Waals surface area contributed by atoms with Gasteiger partial charge in [-0.2, -0.15) is 0 Å². The maximum absolute atomic E-state index is 12.9. The van der Waals surface area contributed by atoms with Crippen LogP contribution in [-0.2, 0) is 13.1 Å². The van der Waals surface area contributed by atoms with Crippen molar-refractivity contribution < 1.29 is 19.0 Å². The van der Waals surface area contributed by atoms with E-state index in [4.69, 9.17) is 9.47 Å². The number of halogens is 1. The van der Waals surface area contributed by atoms with E-state index in [2.05, 4.69) is 24.1 Å². The summed E-state index contributed by atoms with van der Waals surface area (Å²) in [5.41, 5.74) is 2.07. The summed E-state index contributed by atoms with van der Waals surface area (Å²) >= 11 is 0. The fourth-order valence-electron chi connectivity index (χ4n) is 2.91. The minimum Gasteiger partial charge on any atom is -0.493 e. The van der Waals surface area contributed by atoms with Gasteiger partial charge in [-0.15, -0.1) is 0 Å². The van der Waals surface area contributed by atoms with Crippen LogP contribution in [0, 0.1) is 5.82 Å². The molecule has 2 aromatic rings. The molecule has 2 rings (SSSR count). The van der Waals surface area contributed by atoms with E-state index in [9.17, 15) is 9.50 Å². The van der Waals surface area contributed by atoms with Crippen molar-refractivity contribution in [1.29, 1.82) is 0 Å². The van der Waals surface area contributed by atoms with Gasteiger partial charge >= 0.3 is 0 Å². The highest BCUT2D eigenvalue weighted by molar-refractivity contribution is 5.43. The van der Waals surface area contributed by atoms with E-state index in [1.54, 1.807) is 19.2 Å². The smallest absolute Gasteiger partial charge is 0.161 e. The number of methoxy groups -OCH3 is 1. The normalized spacial score (nSPS) is 12.2. The first kappa shape index (κ1) is 22.1. The number of hydrogen-bond acceptors (Lipinski definition) is 5. The van der Waals surface area contributed by atoms with E-state index in [0.29, 0.717) is 31.1 Å². The molecule has 154 valence electrons. The first-order valence-corrected chi connectivity index (χ1v) is 9.71. The Morgan fingerprint density at radius 1 is 1.00 bits per heavy atom. The molecular weight excluding hydrogens is 359 g/mol. The number of ether oxygens (including phenoxy) is 2. The number of likely N-dealkylation sites (N-methyl/N-ethyl adjacent to an activating group) is 1. The Bertz CT molecular complexity index is 705. The van der Waals surface area contributed by atoms with Gasteiger partial charge in [0.1, 0.15) is 18.5 Å². The van der Waals surface area contributed by atoms with Gasteiger partial charge in [0.2, 0.25) is 0 Å². The van der Waals surface area contributed by atoms with Crippen molar-refractivity contribution in [2.75, 3.05) is 33.4 Å². The molecule has 2 aromatic carbocycles. The SMILES string of the molecule is CCN(CC)C[C@@H](O)COc1ccc(CNCc2ccc(F)cc2)cc1OC. The van der Waals surface area contributed by atoms with Gasteiger partial charge < -0.3 is 24.8 Å². The minimum absolute atomic E-state index is 0.217. The quantitative estimate of drug-likeness (QED) is 0.583. The second-order valence-corrected chi connectivity index (χ2v) is 6.67. The van der Waals surface area contributed by atoms with Crippen molar-refractivity contribution in [2.45, 2.75) is 33.0 Å². The lowest BCUT2D eigenvalue weighted by Crippen LogP contribution is -2.35. The summed E-state index contributed by atoms with van der Waals surface area (Å²) in [5, 5.41) is 13.5. The lowest BCUT2D eigenvalue weighted by Gasteiger charge is -2.22. The molecule has 0 spiro atoms. The van der Waals surface area contributed by atoms with Gasteiger partial charge in [-0.3, -0.25) is 0 Å². The van der Waals surface area contributed by atoms with Gasteiger partial charge in [0.25, 0.3) is 0 Å². The van der Waals surface area contributed by atoms with Crippen molar-refractivity contribution in [2.24, 2.45) is 0 Å². The number of rotatable bonds is 12. The van der Waals surface area contributed by atoms with E-state index in [1.807, 2.05) is 18.2 Å². The first-order valence-electron chi connectivity index (χ1n) is 9.71. The summed E-state index contributed by atoms with van der Waals surface area (Å²) in [5.74, 6) is 1.02. The zero-order valence-electron chi connectivity index (χ0n) is 17.0. The Morgan fingerprint density at radius 2 is 1.64 bits per heavy atom. The topological polar surface area (TPSA) is 54.0 Å². The summed E-state index contributed by atoms with van der Waals surface area (Å²) < 4.78 is 24.1. The molecule has 0 aliphatic heterocycles. The van der Waals surface area contributed by atoms with Crippen molar-refractivity contribution in [3.63, 3.8) is 0 Å². The van der Waals surface area contributed by atoms with Crippen LogP contribution in [0.4, 0.5) is 4.39 Å². The molecule has 2 N–H and O–H groups in total. The monoisotopic (exact) mass is 390 g/mol. The molecule has 0 saturated carbocycles. The first-order chi connectivity index (χ1) is 13.5. The molecule has 0 aliphatic rings. The van der Waals surface area contributed by atoms with Crippen molar-refractivity contribution in [3.05, 3.63) is 59.4 Å². The summed E-state index contributed by atoms with van der Waals surface area (Å²) in [6.45, 7) is 8.05. The molecule has 0 radical (unpaired) electrons. The van der Waals surface area contributed by atoms with Gasteiger partial charge in [-0.05, 0) is 48.5 Å². The fourth-order valence-corrected chi connectivity index (χ4v) is 2.91. The lowest BCUT2D eigenvalue weighted by atomic mass is 10.2. The average molecular weight is 390 g/mol. The van der Waals surface area contributed by atoms with Crippen LogP contribution in [0.25, 0.3) is 0 Å². The Labute approximate surface area is 167 Å². The second-order valence-electron chi connectivity index (χ2n) is 6.67. The van der Waals surface area contributed by atoms with Gasteiger partial charge in [0.15, 0.2) is 11.5 Å². The van der Waals surface area contributed by atoms with Crippen LogP contribution < -0.4 is 14.8 Å². The Balaban J connectivity index is 1.85. The van der Waals surface area contributed by atoms with Crippen LogP contribution in [0.5, 0.6) is 11.5 Å². The van der Waals surface area contributed by atoms with Crippen LogP contribution in [0.3, 0.4) is 0 Å². The number of hydrogen-bond donors (Lipinski definition) is 2. The van der Waals surface area contributed by atoms with E-state index >= 15 is 0 Å². The number of aliphatic hydroxyl groups excluding tert-OH is 1. The Kier molecular flexibility index (Phi) is 9.20. The lowest BCUT2D eigenvalue weighted by molar-refractivity contribution is 0.0705. The van der Waals surface area contributed by atoms with Gasteiger partial charge in [0.05, 0.1) is 7.11 Å². The highest BCUT2D eigenvalue weighted by Crippen LogP contribution is 2.28. The molecule has 0 heterocycles. The molecule has 0 aromatic heterocycles. The molecule has 5 nitrogen and oxygen atoms in total. The Morgan fingerprint density at radius 3 is 2.29 bits per heavy atom. The predicted octanol–water partition coefficient (Wildman–Crippen LogP) is 3.21. The van der Waals surface area contributed by atoms with Crippen LogP contribution in [0.2, 0.25) is 0 Å². The third kappa shape index (κ3) is 7.11. The van der Waals surface area contributed by atoms with E-state index < -0.39 is 6.10 Å². The molecule has 6 heteroatoms. The zero-order valence-corrected chi connectivity index (χ0v) is 17.0. The van der Waals surface area contributed by atoms with Crippen LogP contribution in [-0.4, -0.2) is 49.5 Å². The van der Waals surface area contributed by atoms with Crippen LogP contribution in [0.1, 0.15) is 25.0 Å². The number of aliphatic hydroxyl groups is 1. The molecule has 0 aliphatic carbocycles. The Hall–Kier alpha value is -2.15. The van der Waals surface area contributed by atoms with Crippen LogP contribution in [0.15, 0.2) is 42.5 Å². The predicted molar refractivity (Wildman–Crippen MR) is 109 cm³/mol. The summed E-state index contributed by atoms with van der Waals surface area (Å²) in [6, 6.07) is 12.2. The standard InChI is InChI=1S/C22H31FN2O3/c1-4-25(5-2)15-20(26)16-28-21-11-8-18(12-22(21)27-3)14-24-13-17-6-9-19(23)10-7-17/h6-12,20,24,26H,4-5,13-16H2,1-3H3/t20-/m1/s1. The summed E-state index contributed by atoms with van der Waals surface area (Å²) in [6.07, 6.45) is -0.554. The molecular formula is C22H31FN2O3. The average Bonchev–Trinajstić information content (AvgIpc) is 2.72. The van der Waals surface area contributed by atoms with Crippen molar-refractivity contribution in [3.8, 4) is 11.5 Å². The van der Waals surface area contributed by atoms with E-state index in [-0.39, 0.29) is 12.4 Å². The largest absolute Gasteiger partial charge is 0.493 e. The fraction of sp³-hybridized carbons (Fsp3) is 0.455. The maximum Gasteiger partial charge on any atom is 0.161 e.